The first-order valence-corrected chi connectivity index (χ1v) is 4.16. The van der Waals surface area contributed by atoms with Gasteiger partial charge in [-0.2, -0.15) is 0 Å². The van der Waals surface area contributed by atoms with Crippen LogP contribution >= 0.6 is 9.39 Å². The number of aromatic carboxylic acids is 1. The Morgan fingerprint density at radius 3 is 3.08 bits per heavy atom. The van der Waals surface area contributed by atoms with Crippen LogP contribution in [0.3, 0.4) is 0 Å². The lowest BCUT2D eigenvalue weighted by atomic mass is 10.2. The van der Waals surface area contributed by atoms with Gasteiger partial charge in [-0.25, -0.2) is 9.78 Å². The SMILES string of the molecule is O=C(O)c1cn(P)c2ncccc12. The minimum Gasteiger partial charge on any atom is -0.478 e. The Hall–Kier alpha value is -1.41. The van der Waals surface area contributed by atoms with E-state index in [1.54, 1.807) is 22.7 Å². The molecule has 0 aliphatic heterocycles. The van der Waals surface area contributed by atoms with E-state index in [2.05, 4.69) is 14.4 Å². The normalized spacial score (nSPS) is 10.5. The lowest BCUT2D eigenvalue weighted by molar-refractivity contribution is 0.0699. The molecule has 0 fully saturated rings. The summed E-state index contributed by atoms with van der Waals surface area (Å²) < 4.78 is 1.62. The molecule has 0 aliphatic carbocycles. The minimum absolute atomic E-state index is 0.276. The maximum atomic E-state index is 10.8. The summed E-state index contributed by atoms with van der Waals surface area (Å²) in [6.45, 7) is 0. The van der Waals surface area contributed by atoms with Gasteiger partial charge in [0.1, 0.15) is 5.65 Å². The fraction of sp³-hybridized carbons (Fsp3) is 0. The van der Waals surface area contributed by atoms with Crippen LogP contribution in [-0.4, -0.2) is 20.4 Å². The van der Waals surface area contributed by atoms with Crippen molar-refractivity contribution in [2.45, 2.75) is 0 Å². The number of carboxylic acids is 1. The van der Waals surface area contributed by atoms with E-state index in [-0.39, 0.29) is 5.56 Å². The number of carbonyl (C=O) groups is 1. The van der Waals surface area contributed by atoms with E-state index in [4.69, 9.17) is 5.11 Å². The molecular weight excluding hydrogens is 187 g/mol. The van der Waals surface area contributed by atoms with Crippen molar-refractivity contribution >= 4 is 26.4 Å². The fourth-order valence-electron chi connectivity index (χ4n) is 1.25. The molecule has 0 spiro atoms. The number of aromatic nitrogens is 2. The Kier molecular flexibility index (Phi) is 1.78. The van der Waals surface area contributed by atoms with Gasteiger partial charge in [0, 0.05) is 17.8 Å². The quantitative estimate of drug-likeness (QED) is 0.697. The predicted molar refractivity (Wildman–Crippen MR) is 51.8 cm³/mol. The lowest BCUT2D eigenvalue weighted by Gasteiger charge is -1.91. The van der Waals surface area contributed by atoms with E-state index in [0.29, 0.717) is 11.0 Å². The largest absolute Gasteiger partial charge is 0.478 e. The Balaban J connectivity index is 2.85. The number of nitrogens with zero attached hydrogens (tertiary/aromatic N) is 2. The van der Waals surface area contributed by atoms with Crippen molar-refractivity contribution in [1.29, 1.82) is 0 Å². The molecule has 0 saturated heterocycles. The van der Waals surface area contributed by atoms with Crippen molar-refractivity contribution in [1.82, 2.24) is 9.32 Å². The summed E-state index contributed by atoms with van der Waals surface area (Å²) in [5, 5.41) is 9.50. The first kappa shape index (κ1) is 8.20. The van der Waals surface area contributed by atoms with Crippen LogP contribution in [0, 0.1) is 0 Å². The maximum Gasteiger partial charge on any atom is 0.337 e. The summed E-state index contributed by atoms with van der Waals surface area (Å²) in [5.74, 6) is -0.931. The van der Waals surface area contributed by atoms with Crippen LogP contribution in [0.1, 0.15) is 10.4 Å². The molecule has 5 heteroatoms. The Morgan fingerprint density at radius 2 is 2.38 bits per heavy atom. The third-order valence-corrected chi connectivity index (χ3v) is 2.21. The van der Waals surface area contributed by atoms with Crippen LogP contribution < -0.4 is 0 Å². The van der Waals surface area contributed by atoms with Crippen molar-refractivity contribution in [3.63, 3.8) is 0 Å². The van der Waals surface area contributed by atoms with Crippen LogP contribution in [-0.2, 0) is 0 Å². The number of pyridine rings is 1. The molecule has 1 N–H and O–H groups in total. The molecule has 66 valence electrons. The number of rotatable bonds is 1. The fourth-order valence-corrected chi connectivity index (χ4v) is 1.61. The highest BCUT2D eigenvalue weighted by atomic mass is 31.0. The topological polar surface area (TPSA) is 55.1 Å². The molecule has 0 saturated carbocycles. The van der Waals surface area contributed by atoms with Crippen molar-refractivity contribution in [2.75, 3.05) is 0 Å². The second kappa shape index (κ2) is 2.82. The molecular formula is C8H7N2O2P. The number of hydrogen-bond donors (Lipinski definition) is 1. The molecule has 2 aromatic rings. The highest BCUT2D eigenvalue weighted by Crippen LogP contribution is 2.20. The Morgan fingerprint density at radius 1 is 1.62 bits per heavy atom. The van der Waals surface area contributed by atoms with Gasteiger partial charge in [0.05, 0.1) is 5.56 Å². The van der Waals surface area contributed by atoms with E-state index < -0.39 is 5.97 Å². The second-order valence-electron chi connectivity index (χ2n) is 2.63. The van der Waals surface area contributed by atoms with E-state index >= 15 is 0 Å². The third-order valence-electron chi connectivity index (χ3n) is 1.82. The van der Waals surface area contributed by atoms with Gasteiger partial charge in [0.25, 0.3) is 0 Å². The first-order chi connectivity index (χ1) is 6.20. The smallest absolute Gasteiger partial charge is 0.337 e. The average Bonchev–Trinajstić information content (AvgIpc) is 2.45. The van der Waals surface area contributed by atoms with Crippen molar-refractivity contribution in [2.24, 2.45) is 0 Å². The molecule has 13 heavy (non-hydrogen) atoms. The van der Waals surface area contributed by atoms with E-state index in [9.17, 15) is 4.79 Å². The summed E-state index contributed by atoms with van der Waals surface area (Å²) in [6, 6.07) is 3.46. The Labute approximate surface area is 76.5 Å². The zero-order valence-electron chi connectivity index (χ0n) is 6.64. The number of hydrogen-bond acceptors (Lipinski definition) is 2. The summed E-state index contributed by atoms with van der Waals surface area (Å²) in [5.41, 5.74) is 0.933. The molecule has 0 amide bonds. The van der Waals surface area contributed by atoms with Crippen molar-refractivity contribution < 1.29 is 9.90 Å². The summed E-state index contributed by atoms with van der Waals surface area (Å²) in [4.78, 5) is 14.8. The van der Waals surface area contributed by atoms with Crippen LogP contribution in [0.5, 0.6) is 0 Å². The molecule has 0 bridgehead atoms. The van der Waals surface area contributed by atoms with Crippen LogP contribution in [0.15, 0.2) is 24.5 Å². The lowest BCUT2D eigenvalue weighted by Crippen LogP contribution is -1.93. The Bertz CT molecular complexity index is 478. The third kappa shape index (κ3) is 1.19. The molecule has 1 atom stereocenters. The number of fused-ring (bicyclic) bond motifs is 1. The zero-order valence-corrected chi connectivity index (χ0v) is 7.79. The highest BCUT2D eigenvalue weighted by molar-refractivity contribution is 7.14. The summed E-state index contributed by atoms with van der Waals surface area (Å²) in [7, 11) is 2.40. The van der Waals surface area contributed by atoms with Gasteiger partial charge in [0.2, 0.25) is 0 Å². The van der Waals surface area contributed by atoms with Crippen molar-refractivity contribution in [3.05, 3.63) is 30.1 Å². The van der Waals surface area contributed by atoms with Gasteiger partial charge in [-0.05, 0) is 21.5 Å². The molecule has 4 nitrogen and oxygen atoms in total. The van der Waals surface area contributed by atoms with Crippen LogP contribution in [0.25, 0.3) is 11.0 Å². The van der Waals surface area contributed by atoms with Gasteiger partial charge in [0.15, 0.2) is 0 Å². The summed E-state index contributed by atoms with van der Waals surface area (Å²) >= 11 is 0. The molecule has 0 radical (unpaired) electrons. The monoisotopic (exact) mass is 194 g/mol. The van der Waals surface area contributed by atoms with Gasteiger partial charge >= 0.3 is 5.97 Å². The molecule has 2 heterocycles. The first-order valence-electron chi connectivity index (χ1n) is 3.64. The zero-order chi connectivity index (χ0) is 9.42. The molecule has 0 aliphatic rings. The van der Waals surface area contributed by atoms with Crippen LogP contribution in [0.2, 0.25) is 0 Å². The van der Waals surface area contributed by atoms with E-state index in [1.807, 2.05) is 0 Å². The van der Waals surface area contributed by atoms with Gasteiger partial charge in [-0.1, -0.05) is 0 Å². The molecule has 0 aromatic carbocycles. The van der Waals surface area contributed by atoms with Gasteiger partial charge in [-0.3, -0.25) is 0 Å². The van der Waals surface area contributed by atoms with Gasteiger partial charge < -0.3 is 9.44 Å². The molecule has 2 rings (SSSR count). The van der Waals surface area contributed by atoms with E-state index in [0.717, 1.165) is 0 Å². The minimum atomic E-state index is -0.931. The number of carboxylic acid groups (broad SMARTS) is 1. The maximum absolute atomic E-state index is 10.8. The van der Waals surface area contributed by atoms with Crippen molar-refractivity contribution in [3.8, 4) is 0 Å². The van der Waals surface area contributed by atoms with E-state index in [1.165, 1.54) is 6.20 Å². The van der Waals surface area contributed by atoms with Crippen LogP contribution in [0.4, 0.5) is 0 Å². The van der Waals surface area contributed by atoms with Gasteiger partial charge in [-0.15, -0.1) is 0 Å². The second-order valence-corrected chi connectivity index (χ2v) is 3.19. The average molecular weight is 194 g/mol. The molecule has 2 aromatic heterocycles. The molecule has 1 unspecified atom stereocenters. The summed E-state index contributed by atoms with van der Waals surface area (Å²) in [6.07, 6.45) is 3.17. The standard InChI is InChI=1S/C8H7N2O2P/c11-8(12)6-4-10(13)7-5(6)2-1-3-9-7/h1-4H,13H2,(H,11,12). The highest BCUT2D eigenvalue weighted by Gasteiger charge is 2.12. The predicted octanol–water partition coefficient (Wildman–Crippen LogP) is 1.37.